The summed E-state index contributed by atoms with van der Waals surface area (Å²) in [6.07, 6.45) is -0.474. The van der Waals surface area contributed by atoms with E-state index in [-0.39, 0.29) is 5.91 Å². The third-order valence-corrected chi connectivity index (χ3v) is 3.10. The average molecular weight is 248 g/mol. The van der Waals surface area contributed by atoms with Gasteiger partial charge in [0.05, 0.1) is 7.11 Å². The summed E-state index contributed by atoms with van der Waals surface area (Å²) in [4.78, 5) is 25.2. The van der Waals surface area contributed by atoms with E-state index in [1.165, 1.54) is 12.0 Å². The molecule has 18 heavy (non-hydrogen) atoms. The van der Waals surface area contributed by atoms with Crippen molar-refractivity contribution in [3.05, 3.63) is 35.4 Å². The van der Waals surface area contributed by atoms with Crippen LogP contribution >= 0.6 is 0 Å². The molecule has 1 atom stereocenters. The minimum atomic E-state index is -0.604. The molecule has 0 radical (unpaired) electrons. The number of carbonyl (C=O) groups is 2. The molecule has 2 rings (SSSR count). The maximum absolute atomic E-state index is 12.0. The molecule has 0 spiro atoms. The molecule has 1 heterocycles. The normalized spacial score (nSPS) is 19.3. The number of carbonyl (C=O) groups excluding carboxylic acids is 2. The summed E-state index contributed by atoms with van der Waals surface area (Å²) < 4.78 is 4.74. The topological polar surface area (TPSA) is 58.6 Å². The van der Waals surface area contributed by atoms with Crippen LogP contribution in [0.1, 0.15) is 17.2 Å². The van der Waals surface area contributed by atoms with E-state index >= 15 is 0 Å². The van der Waals surface area contributed by atoms with Gasteiger partial charge in [-0.1, -0.05) is 24.3 Å². The number of piperazine rings is 1. The first kappa shape index (κ1) is 12.4. The van der Waals surface area contributed by atoms with Crippen LogP contribution in [0, 0.1) is 6.92 Å². The van der Waals surface area contributed by atoms with Gasteiger partial charge in [0, 0.05) is 13.1 Å². The molecule has 1 aliphatic heterocycles. The second-order valence-electron chi connectivity index (χ2n) is 4.21. The van der Waals surface area contributed by atoms with Gasteiger partial charge in [-0.05, 0) is 18.1 Å². The lowest BCUT2D eigenvalue weighted by Gasteiger charge is -2.34. The largest absolute Gasteiger partial charge is 0.453 e. The van der Waals surface area contributed by atoms with Crippen molar-refractivity contribution in [1.29, 1.82) is 0 Å². The van der Waals surface area contributed by atoms with Crippen molar-refractivity contribution in [2.24, 2.45) is 0 Å². The molecular weight excluding hydrogens is 232 g/mol. The fraction of sp³-hybridized carbons (Fsp3) is 0.385. The van der Waals surface area contributed by atoms with E-state index in [2.05, 4.69) is 5.32 Å². The highest BCUT2D eigenvalue weighted by molar-refractivity contribution is 5.88. The van der Waals surface area contributed by atoms with Crippen molar-refractivity contribution in [3.8, 4) is 0 Å². The predicted molar refractivity (Wildman–Crippen MR) is 66.0 cm³/mol. The molecule has 0 aromatic heterocycles. The third kappa shape index (κ3) is 2.16. The van der Waals surface area contributed by atoms with E-state index in [0.717, 1.165) is 11.1 Å². The highest BCUT2D eigenvalue weighted by Crippen LogP contribution is 2.26. The zero-order valence-corrected chi connectivity index (χ0v) is 10.5. The highest BCUT2D eigenvalue weighted by Gasteiger charge is 2.35. The number of rotatable bonds is 1. The van der Waals surface area contributed by atoms with Gasteiger partial charge in [0.25, 0.3) is 0 Å². The van der Waals surface area contributed by atoms with E-state index in [1.807, 2.05) is 31.2 Å². The second kappa shape index (κ2) is 5.08. The summed E-state index contributed by atoms with van der Waals surface area (Å²) in [5.41, 5.74) is 1.81. The van der Waals surface area contributed by atoms with Crippen LogP contribution in [0.15, 0.2) is 24.3 Å². The summed E-state index contributed by atoms with van der Waals surface area (Å²) in [6.45, 7) is 2.83. The van der Waals surface area contributed by atoms with Crippen molar-refractivity contribution >= 4 is 12.0 Å². The lowest BCUT2D eigenvalue weighted by atomic mass is 9.98. The summed E-state index contributed by atoms with van der Waals surface area (Å²) in [5, 5.41) is 2.78. The van der Waals surface area contributed by atoms with E-state index in [1.54, 1.807) is 0 Å². The van der Waals surface area contributed by atoms with Crippen molar-refractivity contribution in [2.45, 2.75) is 13.0 Å². The molecule has 1 saturated heterocycles. The number of hydrogen-bond acceptors (Lipinski definition) is 3. The molecule has 1 unspecified atom stereocenters. The molecule has 1 aliphatic rings. The molecule has 0 aliphatic carbocycles. The number of ether oxygens (including phenoxy) is 1. The Kier molecular flexibility index (Phi) is 3.50. The molecular formula is C13H16N2O3. The Morgan fingerprint density at radius 1 is 1.44 bits per heavy atom. The number of nitrogens with one attached hydrogen (secondary N) is 1. The van der Waals surface area contributed by atoms with Gasteiger partial charge >= 0.3 is 6.09 Å². The van der Waals surface area contributed by atoms with Crippen molar-refractivity contribution < 1.29 is 14.3 Å². The first-order valence-electron chi connectivity index (χ1n) is 5.83. The zero-order valence-electron chi connectivity index (χ0n) is 10.5. The van der Waals surface area contributed by atoms with E-state index in [9.17, 15) is 9.59 Å². The molecule has 1 fully saturated rings. The molecule has 1 N–H and O–H groups in total. The summed E-state index contributed by atoms with van der Waals surface area (Å²) in [7, 11) is 1.32. The highest BCUT2D eigenvalue weighted by atomic mass is 16.5. The third-order valence-electron chi connectivity index (χ3n) is 3.10. The van der Waals surface area contributed by atoms with Crippen LogP contribution in [0.2, 0.25) is 0 Å². The van der Waals surface area contributed by atoms with Crippen LogP contribution in [0.3, 0.4) is 0 Å². The lowest BCUT2D eigenvalue weighted by molar-refractivity contribution is -0.128. The number of benzene rings is 1. The Bertz CT molecular complexity index is 473. The Morgan fingerprint density at radius 2 is 2.17 bits per heavy atom. The van der Waals surface area contributed by atoms with Crippen LogP contribution in [0.5, 0.6) is 0 Å². The monoisotopic (exact) mass is 248 g/mol. The maximum Gasteiger partial charge on any atom is 0.410 e. The summed E-state index contributed by atoms with van der Waals surface area (Å²) >= 11 is 0. The van der Waals surface area contributed by atoms with Crippen LogP contribution in [0.25, 0.3) is 0 Å². The van der Waals surface area contributed by atoms with E-state index in [4.69, 9.17) is 4.74 Å². The quantitative estimate of drug-likeness (QED) is 0.813. The number of amides is 2. The maximum atomic E-state index is 12.0. The number of nitrogens with zero attached hydrogens (tertiary/aromatic N) is 1. The molecule has 0 saturated carbocycles. The Hall–Kier alpha value is -2.04. The van der Waals surface area contributed by atoms with Crippen LogP contribution in [-0.4, -0.2) is 37.1 Å². The van der Waals surface area contributed by atoms with Gasteiger partial charge in [0.2, 0.25) is 5.91 Å². The standard InChI is InChI=1S/C13H16N2O3/c1-9-5-3-4-6-10(9)11-12(16)14-7-8-15(11)13(17)18-2/h3-6,11H,7-8H2,1-2H3,(H,14,16). The first-order chi connectivity index (χ1) is 8.65. The molecule has 96 valence electrons. The number of hydrogen-bond donors (Lipinski definition) is 1. The fourth-order valence-electron chi connectivity index (χ4n) is 2.18. The van der Waals surface area contributed by atoms with E-state index < -0.39 is 12.1 Å². The minimum Gasteiger partial charge on any atom is -0.453 e. The number of methoxy groups -OCH3 is 1. The van der Waals surface area contributed by atoms with Gasteiger partial charge in [0.15, 0.2) is 0 Å². The van der Waals surface area contributed by atoms with Gasteiger partial charge in [-0.2, -0.15) is 0 Å². The van der Waals surface area contributed by atoms with Gasteiger partial charge in [-0.15, -0.1) is 0 Å². The molecule has 0 bridgehead atoms. The van der Waals surface area contributed by atoms with Crippen LogP contribution in [-0.2, 0) is 9.53 Å². The van der Waals surface area contributed by atoms with Crippen LogP contribution < -0.4 is 5.32 Å². The average Bonchev–Trinajstić information content (AvgIpc) is 2.39. The molecule has 5 nitrogen and oxygen atoms in total. The molecule has 2 amide bonds. The van der Waals surface area contributed by atoms with Gasteiger partial charge in [-0.25, -0.2) is 4.79 Å². The Labute approximate surface area is 106 Å². The summed E-state index contributed by atoms with van der Waals surface area (Å²) in [6, 6.07) is 6.95. The van der Waals surface area contributed by atoms with Crippen molar-refractivity contribution in [3.63, 3.8) is 0 Å². The van der Waals surface area contributed by atoms with Crippen molar-refractivity contribution in [1.82, 2.24) is 10.2 Å². The van der Waals surface area contributed by atoms with Gasteiger partial charge in [0.1, 0.15) is 6.04 Å². The molecule has 1 aromatic carbocycles. The van der Waals surface area contributed by atoms with Gasteiger partial charge in [-0.3, -0.25) is 9.69 Å². The fourth-order valence-corrected chi connectivity index (χ4v) is 2.18. The Morgan fingerprint density at radius 3 is 2.83 bits per heavy atom. The van der Waals surface area contributed by atoms with Crippen LogP contribution in [0.4, 0.5) is 4.79 Å². The first-order valence-corrected chi connectivity index (χ1v) is 5.83. The number of aryl methyl sites for hydroxylation is 1. The van der Waals surface area contributed by atoms with Crippen molar-refractivity contribution in [2.75, 3.05) is 20.2 Å². The summed E-state index contributed by atoms with van der Waals surface area (Å²) in [5.74, 6) is -0.166. The predicted octanol–water partition coefficient (Wildman–Crippen LogP) is 1.23. The Balaban J connectivity index is 2.39. The SMILES string of the molecule is COC(=O)N1CCNC(=O)C1c1ccccc1C. The smallest absolute Gasteiger partial charge is 0.410 e. The second-order valence-corrected chi connectivity index (χ2v) is 4.21. The minimum absolute atomic E-state index is 0.166. The lowest BCUT2D eigenvalue weighted by Crippen LogP contribution is -2.52. The molecule has 1 aromatic rings. The molecule has 5 heteroatoms. The zero-order chi connectivity index (χ0) is 13.1. The van der Waals surface area contributed by atoms with Gasteiger partial charge < -0.3 is 10.1 Å². The van der Waals surface area contributed by atoms with E-state index in [0.29, 0.717) is 13.1 Å².